The minimum atomic E-state index is -0.346. The molecule has 1 aliphatic carbocycles. The molecule has 3 N–H and O–H groups in total. The fraction of sp³-hybridized carbons (Fsp3) is 0.455. The molecule has 2 aromatic rings. The quantitative estimate of drug-likeness (QED) is 0.683. The number of hydrogen-bond donors (Lipinski definition) is 3. The van der Waals surface area contributed by atoms with Crippen LogP contribution in [0.25, 0.3) is 11.0 Å². The van der Waals surface area contributed by atoms with Crippen LogP contribution >= 0.6 is 11.6 Å². The van der Waals surface area contributed by atoms with Crippen LogP contribution in [0.3, 0.4) is 0 Å². The van der Waals surface area contributed by atoms with Crippen molar-refractivity contribution in [3.63, 3.8) is 0 Å². The number of fused-ring (bicyclic) bond motifs is 4. The molecule has 0 saturated heterocycles. The highest BCUT2D eigenvalue weighted by Crippen LogP contribution is 2.49. The average molecular weight is 431 g/mol. The molecular formula is C22H27ClN4O3. The van der Waals surface area contributed by atoms with Gasteiger partial charge in [-0.05, 0) is 25.0 Å². The number of anilines is 1. The number of halogens is 1. The van der Waals surface area contributed by atoms with Crippen LogP contribution in [0.15, 0.2) is 28.9 Å². The highest BCUT2D eigenvalue weighted by molar-refractivity contribution is 6.34. The number of nitrogens with zero attached hydrogens (tertiary/aromatic N) is 1. The first-order chi connectivity index (χ1) is 14.3. The topological polar surface area (TPSA) is 86.6 Å². The van der Waals surface area contributed by atoms with E-state index in [2.05, 4.69) is 22.5 Å². The van der Waals surface area contributed by atoms with E-state index in [0.717, 1.165) is 48.1 Å². The van der Waals surface area contributed by atoms with Crippen molar-refractivity contribution in [2.45, 2.75) is 44.1 Å². The highest BCUT2D eigenvalue weighted by atomic mass is 35.5. The van der Waals surface area contributed by atoms with Gasteiger partial charge in [0.1, 0.15) is 5.58 Å². The standard InChI is InChI=1S/C22H27ClN4O3/c1-13-25-19-15(23)11-14-12-16(21(29)24-10-7-17(28)27(2)3)30-20(14)18(19)22(26-13)8-5-4-6-9-22/h11-12,25-26H,1,4-10H2,2-3H3,(H,24,29). The maximum atomic E-state index is 12.6. The molecule has 1 spiro atoms. The second-order valence-electron chi connectivity index (χ2n) is 8.30. The van der Waals surface area contributed by atoms with E-state index >= 15 is 0 Å². The fourth-order valence-corrected chi connectivity index (χ4v) is 4.76. The minimum absolute atomic E-state index is 0.0441. The van der Waals surface area contributed by atoms with Crippen molar-refractivity contribution in [3.8, 4) is 0 Å². The maximum Gasteiger partial charge on any atom is 0.287 e. The Bertz CT molecular complexity index is 1020. The first kappa shape index (κ1) is 20.6. The minimum Gasteiger partial charge on any atom is -0.450 e. The predicted octanol–water partition coefficient (Wildman–Crippen LogP) is 3.94. The van der Waals surface area contributed by atoms with Crippen molar-refractivity contribution in [3.05, 3.63) is 40.9 Å². The van der Waals surface area contributed by atoms with Gasteiger partial charge in [0.15, 0.2) is 5.76 Å². The largest absolute Gasteiger partial charge is 0.450 e. The van der Waals surface area contributed by atoms with Gasteiger partial charge in [0, 0.05) is 38.0 Å². The molecule has 2 aliphatic rings. The van der Waals surface area contributed by atoms with Crippen molar-refractivity contribution < 1.29 is 14.0 Å². The number of amides is 2. The van der Waals surface area contributed by atoms with Crippen LogP contribution in [0.5, 0.6) is 0 Å². The van der Waals surface area contributed by atoms with E-state index in [0.29, 0.717) is 10.6 Å². The van der Waals surface area contributed by atoms with E-state index in [9.17, 15) is 9.59 Å². The zero-order valence-electron chi connectivity index (χ0n) is 17.4. The van der Waals surface area contributed by atoms with Gasteiger partial charge >= 0.3 is 0 Å². The van der Waals surface area contributed by atoms with Crippen molar-refractivity contribution >= 4 is 40.1 Å². The number of benzene rings is 1. The highest BCUT2D eigenvalue weighted by Gasteiger charge is 2.42. The molecule has 4 rings (SSSR count). The summed E-state index contributed by atoms with van der Waals surface area (Å²) in [6, 6.07) is 3.53. The third-order valence-electron chi connectivity index (χ3n) is 5.96. The zero-order valence-corrected chi connectivity index (χ0v) is 18.1. The molecule has 1 aromatic carbocycles. The summed E-state index contributed by atoms with van der Waals surface area (Å²) in [7, 11) is 3.38. The number of carbonyl (C=O) groups is 2. The van der Waals surface area contributed by atoms with E-state index in [-0.39, 0.29) is 36.1 Å². The van der Waals surface area contributed by atoms with E-state index in [1.165, 1.54) is 11.3 Å². The summed E-state index contributed by atoms with van der Waals surface area (Å²) in [5.41, 5.74) is 2.13. The number of hydrogen-bond acceptors (Lipinski definition) is 5. The second kappa shape index (κ2) is 7.87. The summed E-state index contributed by atoms with van der Waals surface area (Å²) in [4.78, 5) is 25.8. The molecule has 7 nitrogen and oxygen atoms in total. The molecular weight excluding hydrogens is 404 g/mol. The molecule has 2 amide bonds. The van der Waals surface area contributed by atoms with Gasteiger partial charge in [-0.1, -0.05) is 37.4 Å². The Morgan fingerprint density at radius 2 is 2.00 bits per heavy atom. The normalized spacial score (nSPS) is 17.2. The third kappa shape index (κ3) is 3.62. The Morgan fingerprint density at radius 1 is 1.27 bits per heavy atom. The van der Waals surface area contributed by atoms with Crippen molar-refractivity contribution in [1.29, 1.82) is 0 Å². The van der Waals surface area contributed by atoms with Gasteiger partial charge in [0.05, 0.1) is 22.1 Å². The van der Waals surface area contributed by atoms with E-state index in [1.807, 2.05) is 6.07 Å². The lowest BCUT2D eigenvalue weighted by Gasteiger charge is -2.44. The van der Waals surface area contributed by atoms with Crippen LogP contribution in [-0.4, -0.2) is 37.4 Å². The number of carbonyl (C=O) groups excluding carboxylic acids is 2. The van der Waals surface area contributed by atoms with Crippen molar-refractivity contribution in [1.82, 2.24) is 15.5 Å². The molecule has 0 bridgehead atoms. The van der Waals surface area contributed by atoms with Crippen LogP contribution in [0.4, 0.5) is 5.69 Å². The van der Waals surface area contributed by atoms with Crippen molar-refractivity contribution in [2.24, 2.45) is 0 Å². The summed E-state index contributed by atoms with van der Waals surface area (Å²) in [6.45, 7) is 4.32. The van der Waals surface area contributed by atoms with Gasteiger partial charge < -0.3 is 25.3 Å². The van der Waals surface area contributed by atoms with Gasteiger partial charge in [0.25, 0.3) is 5.91 Å². The first-order valence-electron chi connectivity index (χ1n) is 10.3. The smallest absolute Gasteiger partial charge is 0.287 e. The number of furan rings is 1. The van der Waals surface area contributed by atoms with Crippen LogP contribution in [0, 0.1) is 0 Å². The third-order valence-corrected chi connectivity index (χ3v) is 6.26. The van der Waals surface area contributed by atoms with E-state index in [1.54, 1.807) is 20.2 Å². The lowest BCUT2D eigenvalue weighted by Crippen LogP contribution is -2.48. The Balaban J connectivity index is 1.68. The van der Waals surface area contributed by atoms with E-state index < -0.39 is 0 Å². The molecule has 1 fully saturated rings. The molecule has 8 heteroatoms. The van der Waals surface area contributed by atoms with Crippen LogP contribution in [-0.2, 0) is 10.3 Å². The van der Waals surface area contributed by atoms with Gasteiger partial charge in [0.2, 0.25) is 5.91 Å². The summed E-state index contributed by atoms with van der Waals surface area (Å²) < 4.78 is 6.08. The number of rotatable bonds is 4. The van der Waals surface area contributed by atoms with Crippen LogP contribution < -0.4 is 16.0 Å². The maximum absolute atomic E-state index is 12.6. The number of nitrogens with one attached hydrogen (secondary N) is 3. The average Bonchev–Trinajstić information content (AvgIpc) is 3.11. The second-order valence-corrected chi connectivity index (χ2v) is 8.71. The molecule has 30 heavy (non-hydrogen) atoms. The van der Waals surface area contributed by atoms with Crippen LogP contribution in [0.1, 0.15) is 54.6 Å². The SMILES string of the molecule is C=C1Nc2c(Cl)cc3cc(C(=O)NCCC(=O)N(C)C)oc3c2C2(CCCCC2)N1. The van der Waals surface area contributed by atoms with Gasteiger partial charge in [-0.25, -0.2) is 0 Å². The molecule has 160 valence electrons. The monoisotopic (exact) mass is 430 g/mol. The Hall–Kier alpha value is -2.67. The Labute approximate surface area is 180 Å². The van der Waals surface area contributed by atoms with Gasteiger partial charge in [-0.2, -0.15) is 0 Å². The van der Waals surface area contributed by atoms with Gasteiger partial charge in [-0.15, -0.1) is 0 Å². The van der Waals surface area contributed by atoms with E-state index in [4.69, 9.17) is 16.0 Å². The fourth-order valence-electron chi connectivity index (χ4n) is 4.50. The summed E-state index contributed by atoms with van der Waals surface area (Å²) >= 11 is 6.61. The van der Waals surface area contributed by atoms with Crippen LogP contribution in [0.2, 0.25) is 5.02 Å². The summed E-state index contributed by atoms with van der Waals surface area (Å²) in [5, 5.41) is 10.9. The van der Waals surface area contributed by atoms with Crippen molar-refractivity contribution in [2.75, 3.05) is 26.0 Å². The Morgan fingerprint density at radius 3 is 2.70 bits per heavy atom. The molecule has 1 saturated carbocycles. The Kier molecular flexibility index (Phi) is 5.40. The lowest BCUT2D eigenvalue weighted by atomic mass is 9.74. The molecule has 0 atom stereocenters. The summed E-state index contributed by atoms with van der Waals surface area (Å²) in [5.74, 6) is 0.543. The predicted molar refractivity (Wildman–Crippen MR) is 118 cm³/mol. The first-order valence-corrected chi connectivity index (χ1v) is 10.7. The molecule has 2 heterocycles. The molecule has 1 aliphatic heterocycles. The van der Waals surface area contributed by atoms with Gasteiger partial charge in [-0.3, -0.25) is 9.59 Å². The molecule has 1 aromatic heterocycles. The molecule has 0 radical (unpaired) electrons. The zero-order chi connectivity index (χ0) is 21.5. The summed E-state index contributed by atoms with van der Waals surface area (Å²) in [6.07, 6.45) is 5.53. The lowest BCUT2D eigenvalue weighted by molar-refractivity contribution is -0.128. The molecule has 0 unspecified atom stereocenters.